The number of aliphatic hydroxyl groups excluding tert-OH is 2. The zero-order chi connectivity index (χ0) is 38.2. The number of aromatic nitrogens is 2. The fraction of sp³-hybridized carbons (Fsp3) is 0.324. The fourth-order valence-corrected chi connectivity index (χ4v) is 6.67. The first-order valence-corrected chi connectivity index (χ1v) is 17.4. The van der Waals surface area contributed by atoms with Gasteiger partial charge in [0.1, 0.15) is 11.1 Å². The average molecular weight is 770 g/mol. The first kappa shape index (κ1) is 39.4. The van der Waals surface area contributed by atoms with E-state index in [2.05, 4.69) is 20.6 Å². The molecule has 280 valence electrons. The normalized spacial score (nSPS) is 14.7. The number of rotatable bonds is 18. The quantitative estimate of drug-likeness (QED) is 0.0715. The van der Waals surface area contributed by atoms with Crippen molar-refractivity contribution in [2.24, 2.45) is 0 Å². The summed E-state index contributed by atoms with van der Waals surface area (Å²) in [5.41, 5.74) is 3.93. The first-order valence-electron chi connectivity index (χ1n) is 16.6. The molecule has 0 bridgehead atoms. The van der Waals surface area contributed by atoms with Crippen molar-refractivity contribution in [3.05, 3.63) is 109 Å². The topological polar surface area (TPSA) is 220 Å². The van der Waals surface area contributed by atoms with Crippen molar-refractivity contribution >= 4 is 40.9 Å². The second-order valence-corrected chi connectivity index (χ2v) is 13.2. The molecule has 4 aromatic rings. The van der Waals surface area contributed by atoms with Crippen LogP contribution in [0.4, 0.5) is 0 Å². The lowest BCUT2D eigenvalue weighted by Crippen LogP contribution is -2.30. The lowest BCUT2D eigenvalue weighted by Gasteiger charge is -2.18. The van der Waals surface area contributed by atoms with Crippen LogP contribution in [0.1, 0.15) is 63.7 Å². The Bertz CT molecular complexity index is 2060. The molecule has 2 aromatic heterocycles. The molecule has 2 aromatic carbocycles. The standard InChI is InChI=1S/C37H38Cl2N4O10/c1-52-36-20(16-41-18-22(45)14-32(48)49)12-28(38)37(43-36)53-30-11-9-24-23(4-2-5-25(24)30)26-6-3-7-27(33(26)39)34(50)29-10-8-19(35(51)42-29)15-40-17-21(44)13-31(46)47/h2-8,10,12,21-22,30,40-41,44-45H,9,11,13-18H2,1H3,(H,42,51)(H,46,47)(H,48,49)/t21?,22?,30-/m0/s1. The maximum Gasteiger partial charge on any atom is 0.306 e. The minimum Gasteiger partial charge on any atom is -0.481 e. The van der Waals surface area contributed by atoms with Gasteiger partial charge in [-0.3, -0.25) is 19.2 Å². The number of nitrogens with one attached hydrogen (secondary N) is 3. The van der Waals surface area contributed by atoms with Crippen LogP contribution in [-0.2, 0) is 29.1 Å². The molecule has 2 heterocycles. The molecule has 14 nitrogen and oxygen atoms in total. The van der Waals surface area contributed by atoms with Gasteiger partial charge in [-0.25, -0.2) is 0 Å². The summed E-state index contributed by atoms with van der Waals surface area (Å²) in [6, 6.07) is 15.4. The van der Waals surface area contributed by atoms with Gasteiger partial charge in [0.25, 0.3) is 5.56 Å². The molecule has 16 heteroatoms. The lowest BCUT2D eigenvalue weighted by atomic mass is 9.94. The number of benzene rings is 2. The maximum atomic E-state index is 13.6. The highest BCUT2D eigenvalue weighted by molar-refractivity contribution is 6.37. The molecule has 7 N–H and O–H groups in total. The summed E-state index contributed by atoms with van der Waals surface area (Å²) in [6.07, 6.45) is -2.15. The molecule has 1 aliphatic rings. The number of pyridine rings is 2. The Hall–Kier alpha value is -4.83. The van der Waals surface area contributed by atoms with E-state index in [0.717, 1.165) is 16.7 Å². The van der Waals surface area contributed by atoms with E-state index in [1.54, 1.807) is 18.2 Å². The van der Waals surface area contributed by atoms with Gasteiger partial charge in [-0.1, -0.05) is 59.6 Å². The van der Waals surface area contributed by atoms with Gasteiger partial charge < -0.3 is 45.5 Å². The highest BCUT2D eigenvalue weighted by atomic mass is 35.5. The van der Waals surface area contributed by atoms with E-state index in [0.29, 0.717) is 29.5 Å². The predicted molar refractivity (Wildman–Crippen MR) is 195 cm³/mol. The number of ether oxygens (including phenoxy) is 2. The number of fused-ring (bicyclic) bond motifs is 1. The van der Waals surface area contributed by atoms with Crippen LogP contribution in [0.5, 0.6) is 11.8 Å². The zero-order valence-corrected chi connectivity index (χ0v) is 30.0. The number of hydrogen-bond donors (Lipinski definition) is 7. The fourth-order valence-electron chi connectivity index (χ4n) is 6.14. The SMILES string of the molecule is COc1nc(O[C@H]2CCc3c(-c4cccc(C(=O)c5ccc(CNCC(O)CC(=O)O)c(=O)[nH]5)c4Cl)cccc32)c(Cl)cc1CNCC(O)CC(=O)O. The third-order valence-electron chi connectivity index (χ3n) is 8.63. The molecule has 5 rings (SSSR count). The summed E-state index contributed by atoms with van der Waals surface area (Å²) < 4.78 is 11.8. The van der Waals surface area contributed by atoms with Crippen molar-refractivity contribution < 1.29 is 44.3 Å². The Morgan fingerprint density at radius 2 is 1.55 bits per heavy atom. The number of aromatic amines is 1. The summed E-state index contributed by atoms with van der Waals surface area (Å²) in [4.78, 5) is 55.0. The molecule has 0 radical (unpaired) electrons. The van der Waals surface area contributed by atoms with Crippen molar-refractivity contribution in [3.8, 4) is 22.9 Å². The number of methoxy groups -OCH3 is 1. The number of halogens is 2. The van der Waals surface area contributed by atoms with Gasteiger partial charge in [0, 0.05) is 48.4 Å². The Morgan fingerprint density at radius 1 is 0.906 bits per heavy atom. The van der Waals surface area contributed by atoms with Gasteiger partial charge >= 0.3 is 11.9 Å². The summed E-state index contributed by atoms with van der Waals surface area (Å²) in [6.45, 7) is 0.294. The van der Waals surface area contributed by atoms with Gasteiger partial charge in [0.2, 0.25) is 17.5 Å². The van der Waals surface area contributed by atoms with Crippen LogP contribution in [-0.4, -0.2) is 80.5 Å². The molecule has 0 fully saturated rings. The van der Waals surface area contributed by atoms with E-state index in [-0.39, 0.29) is 65.7 Å². The van der Waals surface area contributed by atoms with Crippen LogP contribution in [0.15, 0.2) is 59.4 Å². The molecule has 0 aliphatic heterocycles. The number of aliphatic carboxylic acids is 2. The number of nitrogens with zero attached hydrogens (tertiary/aromatic N) is 1. The predicted octanol–water partition coefficient (Wildman–Crippen LogP) is 3.90. The van der Waals surface area contributed by atoms with Crippen molar-refractivity contribution in [2.75, 3.05) is 20.2 Å². The van der Waals surface area contributed by atoms with Crippen molar-refractivity contribution in [1.29, 1.82) is 0 Å². The summed E-state index contributed by atoms with van der Waals surface area (Å²) in [5, 5.41) is 43.5. The number of aliphatic hydroxyl groups is 2. The molecular formula is C37H38Cl2N4O10. The second-order valence-electron chi connectivity index (χ2n) is 12.5. The number of hydrogen-bond acceptors (Lipinski definition) is 11. The molecule has 3 atom stereocenters. The molecule has 0 saturated carbocycles. The average Bonchev–Trinajstić information content (AvgIpc) is 3.52. The molecule has 2 unspecified atom stereocenters. The monoisotopic (exact) mass is 768 g/mol. The van der Waals surface area contributed by atoms with Gasteiger partial charge in [-0.15, -0.1) is 0 Å². The Labute approximate surface area is 313 Å². The van der Waals surface area contributed by atoms with Crippen LogP contribution in [0.2, 0.25) is 10.0 Å². The van der Waals surface area contributed by atoms with Crippen LogP contribution in [0, 0.1) is 0 Å². The van der Waals surface area contributed by atoms with Crippen molar-refractivity contribution in [2.45, 2.75) is 57.1 Å². The lowest BCUT2D eigenvalue weighted by molar-refractivity contribution is -0.140. The number of carboxylic acids is 2. The van der Waals surface area contributed by atoms with Gasteiger partial charge in [0.05, 0.1) is 42.9 Å². The van der Waals surface area contributed by atoms with Gasteiger partial charge in [-0.2, -0.15) is 4.98 Å². The van der Waals surface area contributed by atoms with E-state index in [1.807, 2.05) is 24.3 Å². The van der Waals surface area contributed by atoms with Gasteiger partial charge in [0.15, 0.2) is 0 Å². The highest BCUT2D eigenvalue weighted by Gasteiger charge is 2.29. The van der Waals surface area contributed by atoms with Crippen LogP contribution in [0.25, 0.3) is 11.1 Å². The van der Waals surface area contributed by atoms with Crippen molar-refractivity contribution in [1.82, 2.24) is 20.6 Å². The van der Waals surface area contributed by atoms with E-state index < -0.39 is 48.0 Å². The second kappa shape index (κ2) is 17.8. The van der Waals surface area contributed by atoms with Crippen LogP contribution in [0.3, 0.4) is 0 Å². The van der Waals surface area contributed by atoms with Crippen LogP contribution < -0.4 is 25.7 Å². The summed E-state index contributed by atoms with van der Waals surface area (Å²) in [7, 11) is 1.45. The molecule has 53 heavy (non-hydrogen) atoms. The minimum absolute atomic E-state index is 0.0256. The Kier molecular flexibility index (Phi) is 13.2. The molecular weight excluding hydrogens is 731 g/mol. The molecule has 0 spiro atoms. The molecule has 0 saturated heterocycles. The van der Waals surface area contributed by atoms with E-state index in [1.165, 1.54) is 19.2 Å². The van der Waals surface area contributed by atoms with Crippen LogP contribution >= 0.6 is 23.2 Å². The Morgan fingerprint density at radius 3 is 2.19 bits per heavy atom. The number of carbonyl (C=O) groups excluding carboxylic acids is 1. The molecule has 0 amide bonds. The van der Waals surface area contributed by atoms with E-state index in [9.17, 15) is 29.4 Å². The minimum atomic E-state index is -1.14. The number of carboxylic acid groups (broad SMARTS) is 2. The van der Waals surface area contributed by atoms with E-state index >= 15 is 0 Å². The summed E-state index contributed by atoms with van der Waals surface area (Å²) >= 11 is 13.5. The largest absolute Gasteiger partial charge is 0.481 e. The molecule has 1 aliphatic carbocycles. The first-order chi connectivity index (χ1) is 25.4. The number of H-pyrrole nitrogens is 1. The third kappa shape index (κ3) is 9.79. The van der Waals surface area contributed by atoms with E-state index in [4.69, 9.17) is 42.9 Å². The highest BCUT2D eigenvalue weighted by Crippen LogP contribution is 2.43. The van der Waals surface area contributed by atoms with Crippen molar-refractivity contribution in [3.63, 3.8) is 0 Å². The zero-order valence-electron chi connectivity index (χ0n) is 28.5. The third-order valence-corrected chi connectivity index (χ3v) is 9.30. The maximum absolute atomic E-state index is 13.6. The number of ketones is 1. The summed E-state index contributed by atoms with van der Waals surface area (Å²) in [5.74, 6) is -2.30. The number of carbonyl (C=O) groups is 3. The Balaban J connectivity index is 1.31. The smallest absolute Gasteiger partial charge is 0.306 e. The van der Waals surface area contributed by atoms with Gasteiger partial charge in [-0.05, 0) is 47.7 Å².